The number of hydrogen-bond acceptors (Lipinski definition) is 4. The summed E-state index contributed by atoms with van der Waals surface area (Å²) in [7, 11) is 0. The average molecular weight is 353 g/mol. The van der Waals surface area contributed by atoms with E-state index in [2.05, 4.69) is 26.3 Å². The van der Waals surface area contributed by atoms with Crippen LogP contribution >= 0.6 is 15.9 Å². The quantitative estimate of drug-likeness (QED) is 0.676. The maximum absolute atomic E-state index is 12.2. The van der Waals surface area contributed by atoms with Crippen LogP contribution in [0.25, 0.3) is 0 Å². The summed E-state index contributed by atoms with van der Waals surface area (Å²) in [5.41, 5.74) is 0.801. The highest BCUT2D eigenvalue weighted by molar-refractivity contribution is 9.10. The number of nitro groups is 1. The highest BCUT2D eigenvalue weighted by Gasteiger charge is 2.20. The fraction of sp³-hybridized carbons (Fsp3) is 0.231. The van der Waals surface area contributed by atoms with Crippen molar-refractivity contribution in [3.63, 3.8) is 0 Å². The van der Waals surface area contributed by atoms with Gasteiger partial charge in [0, 0.05) is 12.3 Å². The average Bonchev–Trinajstić information content (AvgIpc) is 2.86. The minimum Gasteiger partial charge on any atom is -0.319 e. The van der Waals surface area contributed by atoms with Crippen LogP contribution in [0.2, 0.25) is 0 Å². The number of hydrogen-bond donors (Lipinski definition) is 1. The van der Waals surface area contributed by atoms with Crippen molar-refractivity contribution in [1.82, 2.24) is 9.78 Å². The second-order valence-corrected chi connectivity index (χ2v) is 5.50. The van der Waals surface area contributed by atoms with Gasteiger partial charge in [0.15, 0.2) is 0 Å². The molecule has 0 saturated heterocycles. The standard InChI is InChI=1S/C13H13BrN4O3/c1-8-3-4-11(12(5-8)18(20)21)16-13(19)9(2)17-7-10(14)6-15-17/h3-7,9H,1-2H3,(H,16,19). The second kappa shape index (κ2) is 6.04. The fourth-order valence-electron chi connectivity index (χ4n) is 1.78. The third-order valence-corrected chi connectivity index (χ3v) is 3.36. The van der Waals surface area contributed by atoms with Crippen molar-refractivity contribution in [2.24, 2.45) is 0 Å². The lowest BCUT2D eigenvalue weighted by Gasteiger charge is -2.13. The molecule has 0 radical (unpaired) electrons. The van der Waals surface area contributed by atoms with Crippen LogP contribution in [0.15, 0.2) is 35.1 Å². The van der Waals surface area contributed by atoms with Gasteiger partial charge in [0.2, 0.25) is 5.91 Å². The Balaban J connectivity index is 2.22. The Bertz CT molecular complexity index is 698. The van der Waals surface area contributed by atoms with E-state index in [1.54, 1.807) is 32.3 Å². The minimum atomic E-state index is -0.586. The Kier molecular flexibility index (Phi) is 4.37. The van der Waals surface area contributed by atoms with Crippen molar-refractivity contribution in [1.29, 1.82) is 0 Å². The van der Waals surface area contributed by atoms with Crippen molar-refractivity contribution in [3.8, 4) is 0 Å². The molecule has 0 fully saturated rings. The van der Waals surface area contributed by atoms with Gasteiger partial charge in [0.05, 0.1) is 15.6 Å². The normalized spacial score (nSPS) is 12.0. The SMILES string of the molecule is Cc1ccc(NC(=O)C(C)n2cc(Br)cn2)c([N+](=O)[O-])c1. The van der Waals surface area contributed by atoms with E-state index in [-0.39, 0.29) is 17.3 Å². The molecule has 1 aromatic carbocycles. The number of carbonyl (C=O) groups is 1. The van der Waals surface area contributed by atoms with E-state index in [1.807, 2.05) is 0 Å². The zero-order valence-electron chi connectivity index (χ0n) is 11.4. The van der Waals surface area contributed by atoms with Gasteiger partial charge in [-0.3, -0.25) is 19.6 Å². The highest BCUT2D eigenvalue weighted by Crippen LogP contribution is 2.26. The highest BCUT2D eigenvalue weighted by atomic mass is 79.9. The Morgan fingerprint density at radius 1 is 1.52 bits per heavy atom. The van der Waals surface area contributed by atoms with Crippen molar-refractivity contribution >= 4 is 33.2 Å². The number of aromatic nitrogens is 2. The van der Waals surface area contributed by atoms with Crippen LogP contribution < -0.4 is 5.32 Å². The fourth-order valence-corrected chi connectivity index (χ4v) is 2.08. The van der Waals surface area contributed by atoms with Gasteiger partial charge in [-0.15, -0.1) is 0 Å². The number of nitro benzene ring substituents is 1. The summed E-state index contributed by atoms with van der Waals surface area (Å²) in [5, 5.41) is 17.6. The molecule has 1 amide bonds. The van der Waals surface area contributed by atoms with Gasteiger partial charge in [-0.2, -0.15) is 5.10 Å². The summed E-state index contributed by atoms with van der Waals surface area (Å²) in [4.78, 5) is 22.7. The van der Waals surface area contributed by atoms with Crippen LogP contribution in [-0.2, 0) is 4.79 Å². The third-order valence-electron chi connectivity index (χ3n) is 2.95. The Labute approximate surface area is 129 Å². The van der Waals surface area contributed by atoms with E-state index in [0.717, 1.165) is 10.0 Å². The van der Waals surface area contributed by atoms with E-state index >= 15 is 0 Å². The van der Waals surface area contributed by atoms with Crippen molar-refractivity contribution in [2.45, 2.75) is 19.9 Å². The summed E-state index contributed by atoms with van der Waals surface area (Å²) < 4.78 is 2.22. The molecule has 1 N–H and O–H groups in total. The topological polar surface area (TPSA) is 90.1 Å². The van der Waals surface area contributed by atoms with Gasteiger partial charge in [-0.25, -0.2) is 0 Å². The van der Waals surface area contributed by atoms with E-state index < -0.39 is 11.0 Å². The number of nitrogens with one attached hydrogen (secondary N) is 1. The molecule has 0 bridgehead atoms. The number of aryl methyl sites for hydroxylation is 1. The van der Waals surface area contributed by atoms with E-state index in [9.17, 15) is 14.9 Å². The van der Waals surface area contributed by atoms with Crippen LogP contribution in [0.4, 0.5) is 11.4 Å². The maximum Gasteiger partial charge on any atom is 0.293 e. The van der Waals surface area contributed by atoms with Crippen molar-refractivity contribution in [3.05, 3.63) is 50.7 Å². The van der Waals surface area contributed by atoms with E-state index in [0.29, 0.717) is 0 Å². The molecular formula is C13H13BrN4O3. The first-order chi connectivity index (χ1) is 9.88. The van der Waals surface area contributed by atoms with Crippen LogP contribution in [0.3, 0.4) is 0 Å². The first-order valence-electron chi connectivity index (χ1n) is 6.14. The van der Waals surface area contributed by atoms with Gasteiger partial charge >= 0.3 is 0 Å². The molecule has 0 saturated carbocycles. The lowest BCUT2D eigenvalue weighted by Crippen LogP contribution is -2.24. The molecule has 1 heterocycles. The van der Waals surface area contributed by atoms with Crippen LogP contribution in [0.5, 0.6) is 0 Å². The third kappa shape index (κ3) is 3.46. The molecule has 0 aliphatic rings. The molecule has 0 spiro atoms. The summed E-state index contributed by atoms with van der Waals surface area (Å²) in [5.74, 6) is -0.377. The molecule has 2 aromatic rings. The molecule has 2 rings (SSSR count). The first-order valence-corrected chi connectivity index (χ1v) is 6.93. The lowest BCUT2D eigenvalue weighted by atomic mass is 10.2. The summed E-state index contributed by atoms with van der Waals surface area (Å²) in [6, 6.07) is 4.07. The van der Waals surface area contributed by atoms with Gasteiger partial charge in [-0.1, -0.05) is 6.07 Å². The molecular weight excluding hydrogens is 340 g/mol. The zero-order valence-corrected chi connectivity index (χ0v) is 13.0. The zero-order chi connectivity index (χ0) is 15.6. The largest absolute Gasteiger partial charge is 0.319 e. The summed E-state index contributed by atoms with van der Waals surface area (Å²) in [6.07, 6.45) is 3.23. The first kappa shape index (κ1) is 15.2. The molecule has 0 aliphatic heterocycles. The number of carbonyl (C=O) groups excluding carboxylic acids is 1. The number of amides is 1. The van der Waals surface area contributed by atoms with Gasteiger partial charge in [-0.05, 0) is 41.4 Å². The molecule has 7 nitrogen and oxygen atoms in total. The second-order valence-electron chi connectivity index (χ2n) is 4.58. The van der Waals surface area contributed by atoms with Crippen LogP contribution in [0.1, 0.15) is 18.5 Å². The maximum atomic E-state index is 12.2. The summed E-state index contributed by atoms with van der Waals surface area (Å²) in [6.45, 7) is 3.41. The van der Waals surface area contributed by atoms with Gasteiger partial charge < -0.3 is 5.32 Å². The molecule has 1 atom stereocenters. The lowest BCUT2D eigenvalue weighted by molar-refractivity contribution is -0.384. The number of nitrogens with zero attached hydrogens (tertiary/aromatic N) is 3. The molecule has 21 heavy (non-hydrogen) atoms. The number of rotatable bonds is 4. The monoisotopic (exact) mass is 352 g/mol. The van der Waals surface area contributed by atoms with Crippen molar-refractivity contribution in [2.75, 3.05) is 5.32 Å². The molecule has 0 aliphatic carbocycles. The number of benzene rings is 1. The molecule has 1 unspecified atom stereocenters. The Morgan fingerprint density at radius 3 is 2.81 bits per heavy atom. The predicted molar refractivity (Wildman–Crippen MR) is 81.1 cm³/mol. The number of halogens is 1. The van der Waals surface area contributed by atoms with Gasteiger partial charge in [0.1, 0.15) is 11.7 Å². The van der Waals surface area contributed by atoms with Crippen LogP contribution in [0, 0.1) is 17.0 Å². The van der Waals surface area contributed by atoms with Crippen LogP contribution in [-0.4, -0.2) is 20.6 Å². The van der Waals surface area contributed by atoms with E-state index in [4.69, 9.17) is 0 Å². The Morgan fingerprint density at radius 2 is 2.24 bits per heavy atom. The molecule has 1 aromatic heterocycles. The predicted octanol–water partition coefficient (Wildman–Crippen LogP) is 3.06. The van der Waals surface area contributed by atoms with Crippen molar-refractivity contribution < 1.29 is 9.72 Å². The van der Waals surface area contributed by atoms with E-state index in [1.165, 1.54) is 16.8 Å². The molecule has 110 valence electrons. The number of anilines is 1. The molecule has 8 heteroatoms. The minimum absolute atomic E-state index is 0.128. The smallest absolute Gasteiger partial charge is 0.293 e. The van der Waals surface area contributed by atoms with Gasteiger partial charge in [0.25, 0.3) is 5.69 Å². The Hall–Kier alpha value is -2.22. The summed E-state index contributed by atoms with van der Waals surface area (Å²) >= 11 is 3.25.